The first-order valence-electron chi connectivity index (χ1n) is 11.1. The van der Waals surface area contributed by atoms with Crippen LogP contribution in [0.4, 0.5) is 5.69 Å². The van der Waals surface area contributed by atoms with Gasteiger partial charge in [0.1, 0.15) is 0 Å². The number of carbonyl (C=O) groups excluding carboxylic acids is 1. The summed E-state index contributed by atoms with van der Waals surface area (Å²) < 4.78 is 26.2. The Bertz CT molecular complexity index is 1170. The Kier molecular flexibility index (Phi) is 7.92. The summed E-state index contributed by atoms with van der Waals surface area (Å²) in [6.07, 6.45) is 2.04. The molecule has 33 heavy (non-hydrogen) atoms. The summed E-state index contributed by atoms with van der Waals surface area (Å²) >= 11 is 0. The number of nitrogens with one attached hydrogen (secondary N) is 1. The quantitative estimate of drug-likeness (QED) is 0.456. The highest BCUT2D eigenvalue weighted by Gasteiger charge is 2.19. The fourth-order valence-corrected chi connectivity index (χ4v) is 4.67. The fourth-order valence-electron chi connectivity index (χ4n) is 3.79. The number of amides is 1. The van der Waals surface area contributed by atoms with E-state index in [9.17, 15) is 13.2 Å². The molecule has 0 aliphatic carbocycles. The number of aryl methyl sites for hydroxylation is 1. The lowest BCUT2D eigenvalue weighted by Crippen LogP contribution is -2.30. The van der Waals surface area contributed by atoms with Gasteiger partial charge in [0.15, 0.2) is 0 Å². The highest BCUT2D eigenvalue weighted by atomic mass is 32.2. The Labute approximate surface area is 197 Å². The molecular formula is C27H32N2O3S. The molecule has 174 valence electrons. The Morgan fingerprint density at radius 3 is 2.18 bits per heavy atom. The van der Waals surface area contributed by atoms with Crippen molar-refractivity contribution in [3.05, 3.63) is 101 Å². The summed E-state index contributed by atoms with van der Waals surface area (Å²) in [7, 11) is -3.46. The van der Waals surface area contributed by atoms with Crippen molar-refractivity contribution in [2.75, 3.05) is 10.6 Å². The molecule has 0 saturated heterocycles. The third-order valence-electron chi connectivity index (χ3n) is 5.45. The van der Waals surface area contributed by atoms with Gasteiger partial charge in [-0.2, -0.15) is 0 Å². The average Bonchev–Trinajstić information content (AvgIpc) is 2.77. The van der Waals surface area contributed by atoms with Gasteiger partial charge in [0.2, 0.25) is 10.0 Å². The molecule has 0 saturated carbocycles. The minimum atomic E-state index is -3.46. The van der Waals surface area contributed by atoms with Crippen molar-refractivity contribution in [1.29, 1.82) is 0 Å². The second kappa shape index (κ2) is 10.7. The monoisotopic (exact) mass is 464 g/mol. The average molecular weight is 465 g/mol. The Balaban J connectivity index is 1.76. The van der Waals surface area contributed by atoms with E-state index in [0.29, 0.717) is 17.2 Å². The topological polar surface area (TPSA) is 66.5 Å². The van der Waals surface area contributed by atoms with Gasteiger partial charge in [0.25, 0.3) is 5.91 Å². The van der Waals surface area contributed by atoms with Crippen molar-refractivity contribution in [3.63, 3.8) is 0 Å². The number of benzene rings is 3. The number of rotatable bonds is 9. The maximum Gasteiger partial charge on any atom is 0.251 e. The van der Waals surface area contributed by atoms with Gasteiger partial charge in [-0.15, -0.1) is 0 Å². The molecule has 6 heteroatoms. The molecular weight excluding hydrogens is 432 g/mol. The third kappa shape index (κ3) is 6.93. The SMILES string of the molecule is Cc1cccc(N(Cc2ccc(C(=O)NC(CC(C)C)c3ccccc3)cc2)S(C)(=O)=O)c1. The number of anilines is 1. The molecule has 0 spiro atoms. The zero-order valence-corrected chi connectivity index (χ0v) is 20.5. The highest BCUT2D eigenvalue weighted by Crippen LogP contribution is 2.23. The lowest BCUT2D eigenvalue weighted by molar-refractivity contribution is 0.0932. The Hall–Kier alpha value is -3.12. The summed E-state index contributed by atoms with van der Waals surface area (Å²) in [6.45, 7) is 6.40. The normalized spacial score (nSPS) is 12.4. The molecule has 0 bridgehead atoms. The molecule has 3 aromatic rings. The lowest BCUT2D eigenvalue weighted by atomic mass is 9.96. The predicted molar refractivity (Wildman–Crippen MR) is 135 cm³/mol. The smallest absolute Gasteiger partial charge is 0.251 e. The molecule has 1 atom stereocenters. The number of sulfonamides is 1. The molecule has 0 heterocycles. The number of hydrogen-bond acceptors (Lipinski definition) is 3. The molecule has 5 nitrogen and oxygen atoms in total. The van der Waals surface area contributed by atoms with Crippen molar-refractivity contribution in [2.24, 2.45) is 5.92 Å². The summed E-state index contributed by atoms with van der Waals surface area (Å²) in [5.74, 6) is 0.288. The van der Waals surface area contributed by atoms with Crippen LogP contribution < -0.4 is 9.62 Å². The molecule has 0 aliphatic heterocycles. The minimum absolute atomic E-state index is 0.0691. The molecule has 1 amide bonds. The fraction of sp³-hybridized carbons (Fsp3) is 0.296. The van der Waals surface area contributed by atoms with E-state index in [1.54, 1.807) is 18.2 Å². The van der Waals surface area contributed by atoms with Gasteiger partial charge >= 0.3 is 0 Å². The van der Waals surface area contributed by atoms with E-state index >= 15 is 0 Å². The van der Waals surface area contributed by atoms with E-state index in [-0.39, 0.29) is 18.5 Å². The number of carbonyl (C=O) groups is 1. The van der Waals surface area contributed by atoms with Crippen molar-refractivity contribution < 1.29 is 13.2 Å². The molecule has 0 radical (unpaired) electrons. The standard InChI is InChI=1S/C27H32N2O3S/c1-20(2)17-26(23-10-6-5-7-11-23)28-27(30)24-15-13-22(14-16-24)19-29(33(4,31)32)25-12-8-9-21(3)18-25/h5-16,18,20,26H,17,19H2,1-4H3,(H,28,30). The zero-order valence-electron chi connectivity index (χ0n) is 19.7. The number of nitrogens with zero attached hydrogens (tertiary/aromatic N) is 1. The van der Waals surface area contributed by atoms with Crippen molar-refractivity contribution in [3.8, 4) is 0 Å². The molecule has 3 rings (SSSR count). The van der Waals surface area contributed by atoms with Gasteiger partial charge in [0, 0.05) is 5.56 Å². The van der Waals surface area contributed by atoms with Crippen LogP contribution in [0.25, 0.3) is 0 Å². The summed E-state index contributed by atoms with van der Waals surface area (Å²) in [5, 5.41) is 3.15. The molecule has 0 fully saturated rings. The highest BCUT2D eigenvalue weighted by molar-refractivity contribution is 7.92. The zero-order chi connectivity index (χ0) is 24.0. The van der Waals surface area contributed by atoms with E-state index < -0.39 is 10.0 Å². The van der Waals surface area contributed by atoms with Crippen LogP contribution in [0.1, 0.15) is 53.4 Å². The van der Waals surface area contributed by atoms with Crippen LogP contribution in [-0.2, 0) is 16.6 Å². The third-order valence-corrected chi connectivity index (χ3v) is 6.59. The van der Waals surface area contributed by atoms with Crippen LogP contribution in [0.15, 0.2) is 78.9 Å². The van der Waals surface area contributed by atoms with Gasteiger partial charge < -0.3 is 5.32 Å². The maximum absolute atomic E-state index is 12.9. The van der Waals surface area contributed by atoms with Crippen LogP contribution in [0, 0.1) is 12.8 Å². The van der Waals surface area contributed by atoms with Crippen molar-refractivity contribution >= 4 is 21.6 Å². The molecule has 0 aliphatic rings. The van der Waals surface area contributed by atoms with E-state index in [1.165, 1.54) is 10.6 Å². The van der Waals surface area contributed by atoms with E-state index in [0.717, 1.165) is 23.1 Å². The summed E-state index contributed by atoms with van der Waals surface area (Å²) in [5.41, 5.74) is 4.05. The van der Waals surface area contributed by atoms with Crippen LogP contribution in [0.3, 0.4) is 0 Å². The van der Waals surface area contributed by atoms with Gasteiger partial charge in [0.05, 0.1) is 24.5 Å². The second-order valence-electron chi connectivity index (χ2n) is 8.87. The first-order chi connectivity index (χ1) is 15.6. The van der Waals surface area contributed by atoms with E-state index in [2.05, 4.69) is 19.2 Å². The first-order valence-corrected chi connectivity index (χ1v) is 13.0. The molecule has 0 aromatic heterocycles. The van der Waals surface area contributed by atoms with Crippen LogP contribution in [-0.4, -0.2) is 20.6 Å². The molecule has 1 N–H and O–H groups in total. The van der Waals surface area contributed by atoms with Gasteiger partial charge in [-0.3, -0.25) is 9.10 Å². The summed E-state index contributed by atoms with van der Waals surface area (Å²) in [4.78, 5) is 12.9. The molecule has 1 unspecified atom stereocenters. The Morgan fingerprint density at radius 1 is 0.939 bits per heavy atom. The second-order valence-corrected chi connectivity index (χ2v) is 10.8. The van der Waals surface area contributed by atoms with Gasteiger partial charge in [-0.05, 0) is 60.2 Å². The van der Waals surface area contributed by atoms with Crippen LogP contribution >= 0.6 is 0 Å². The predicted octanol–water partition coefficient (Wildman–Crippen LogP) is 5.48. The van der Waals surface area contributed by atoms with Crippen molar-refractivity contribution in [2.45, 2.75) is 39.8 Å². The van der Waals surface area contributed by atoms with Crippen LogP contribution in [0.2, 0.25) is 0 Å². The van der Waals surface area contributed by atoms with E-state index in [1.807, 2.05) is 67.6 Å². The van der Waals surface area contributed by atoms with Gasteiger partial charge in [-0.25, -0.2) is 8.42 Å². The number of hydrogen-bond donors (Lipinski definition) is 1. The largest absolute Gasteiger partial charge is 0.345 e. The van der Waals surface area contributed by atoms with Crippen molar-refractivity contribution in [1.82, 2.24) is 5.32 Å². The van der Waals surface area contributed by atoms with Gasteiger partial charge in [-0.1, -0.05) is 68.4 Å². The first kappa shape index (κ1) is 24.5. The van der Waals surface area contributed by atoms with E-state index in [4.69, 9.17) is 0 Å². The Morgan fingerprint density at radius 2 is 1.61 bits per heavy atom. The van der Waals surface area contributed by atoms with Crippen LogP contribution in [0.5, 0.6) is 0 Å². The minimum Gasteiger partial charge on any atom is -0.345 e. The lowest BCUT2D eigenvalue weighted by Gasteiger charge is -2.23. The molecule has 3 aromatic carbocycles. The maximum atomic E-state index is 12.9. The summed E-state index contributed by atoms with van der Waals surface area (Å²) in [6, 6.07) is 24.4.